The molecule has 0 atom stereocenters. The van der Waals surface area contributed by atoms with Crippen LogP contribution in [-0.2, 0) is 16.1 Å². The maximum absolute atomic E-state index is 14.0. The van der Waals surface area contributed by atoms with E-state index in [1.807, 2.05) is 13.8 Å². The number of benzene rings is 1. The summed E-state index contributed by atoms with van der Waals surface area (Å²) < 4.78 is 14.0. The van der Waals surface area contributed by atoms with E-state index in [1.54, 1.807) is 12.1 Å². The molecule has 0 aromatic heterocycles. The number of hydrogen-bond acceptors (Lipinski definition) is 2. The summed E-state index contributed by atoms with van der Waals surface area (Å²) in [4.78, 5) is 25.9. The minimum Gasteiger partial charge on any atom is -0.340 e. The van der Waals surface area contributed by atoms with Gasteiger partial charge in [0.05, 0.1) is 11.6 Å². The van der Waals surface area contributed by atoms with Crippen molar-refractivity contribution < 1.29 is 14.0 Å². The second kappa shape index (κ2) is 6.02. The van der Waals surface area contributed by atoms with Crippen LogP contribution in [0.3, 0.4) is 0 Å². The topological polar surface area (TPSA) is 49.4 Å². The highest BCUT2D eigenvalue weighted by Gasteiger charge is 2.44. The molecule has 1 N–H and O–H groups in total. The van der Waals surface area contributed by atoms with Gasteiger partial charge < -0.3 is 10.2 Å². The lowest BCUT2D eigenvalue weighted by atomic mass is 9.88. The number of carbonyl (C=O) groups excluding carboxylic acids is 2. The lowest BCUT2D eigenvalue weighted by Gasteiger charge is -2.41. The van der Waals surface area contributed by atoms with Crippen LogP contribution in [0, 0.1) is 5.82 Å². The minimum absolute atomic E-state index is 0.0126. The molecule has 0 radical (unpaired) electrons. The average Bonchev–Trinajstić information content (AvgIpc) is 2.47. The lowest BCUT2D eigenvalue weighted by Crippen LogP contribution is -2.65. The van der Waals surface area contributed by atoms with Crippen molar-refractivity contribution in [3.63, 3.8) is 0 Å². The highest BCUT2D eigenvalue weighted by molar-refractivity contribution is 6.30. The van der Waals surface area contributed by atoms with E-state index in [0.29, 0.717) is 18.4 Å². The van der Waals surface area contributed by atoms with Crippen LogP contribution in [0.25, 0.3) is 0 Å². The van der Waals surface area contributed by atoms with E-state index in [9.17, 15) is 14.0 Å². The zero-order chi connectivity index (χ0) is 15.6. The predicted molar refractivity (Wildman–Crippen MR) is 78.3 cm³/mol. The van der Waals surface area contributed by atoms with Gasteiger partial charge in [0, 0.05) is 12.1 Å². The van der Waals surface area contributed by atoms with Crippen LogP contribution in [0.5, 0.6) is 0 Å². The van der Waals surface area contributed by atoms with Crippen LogP contribution in [0.2, 0.25) is 5.02 Å². The number of amides is 2. The van der Waals surface area contributed by atoms with Crippen molar-refractivity contribution in [1.29, 1.82) is 0 Å². The Bertz CT molecular complexity index is 573. The molecule has 0 aliphatic carbocycles. The summed E-state index contributed by atoms with van der Waals surface area (Å²) in [6.45, 7) is 3.68. The van der Waals surface area contributed by atoms with E-state index in [0.717, 1.165) is 0 Å². The maximum Gasteiger partial charge on any atom is 0.249 e. The first-order chi connectivity index (χ1) is 9.93. The smallest absolute Gasteiger partial charge is 0.249 e. The fraction of sp³-hybridized carbons (Fsp3) is 0.467. The van der Waals surface area contributed by atoms with Gasteiger partial charge in [-0.2, -0.15) is 0 Å². The highest BCUT2D eigenvalue weighted by atomic mass is 35.5. The number of rotatable bonds is 4. The van der Waals surface area contributed by atoms with Crippen LogP contribution >= 0.6 is 11.6 Å². The third-order valence-electron chi connectivity index (χ3n) is 4.01. The number of nitrogens with one attached hydrogen (secondary N) is 1. The Balaban J connectivity index is 2.28. The molecular weight excluding hydrogens is 295 g/mol. The van der Waals surface area contributed by atoms with E-state index in [4.69, 9.17) is 11.6 Å². The number of piperazine rings is 1. The van der Waals surface area contributed by atoms with Crippen molar-refractivity contribution in [3.05, 3.63) is 34.6 Å². The molecule has 6 heteroatoms. The number of halogens is 2. The molecule has 0 unspecified atom stereocenters. The van der Waals surface area contributed by atoms with Gasteiger partial charge in [0.1, 0.15) is 11.4 Å². The Morgan fingerprint density at radius 2 is 2.00 bits per heavy atom. The van der Waals surface area contributed by atoms with Gasteiger partial charge in [0.25, 0.3) is 0 Å². The van der Waals surface area contributed by atoms with E-state index in [2.05, 4.69) is 5.32 Å². The molecule has 1 heterocycles. The van der Waals surface area contributed by atoms with Crippen molar-refractivity contribution in [3.8, 4) is 0 Å². The minimum atomic E-state index is -0.885. The highest BCUT2D eigenvalue weighted by Crippen LogP contribution is 2.25. The summed E-state index contributed by atoms with van der Waals surface area (Å²) in [7, 11) is 0. The predicted octanol–water partition coefficient (Wildman–Crippen LogP) is 2.50. The number of nitrogens with zero attached hydrogens (tertiary/aromatic N) is 1. The SMILES string of the molecule is CCC1(CC)NC(=O)CN(Cc2cccc(Cl)c2F)C1=O. The molecule has 2 amide bonds. The molecule has 1 fully saturated rings. The molecule has 0 bridgehead atoms. The molecule has 1 aromatic carbocycles. The third-order valence-corrected chi connectivity index (χ3v) is 4.30. The fourth-order valence-corrected chi connectivity index (χ4v) is 2.83. The van der Waals surface area contributed by atoms with E-state index >= 15 is 0 Å². The van der Waals surface area contributed by atoms with Gasteiger partial charge in [0.2, 0.25) is 11.8 Å². The summed E-state index contributed by atoms with van der Waals surface area (Å²) in [5.41, 5.74) is -0.573. The molecule has 114 valence electrons. The van der Waals surface area contributed by atoms with Gasteiger partial charge in [-0.1, -0.05) is 37.6 Å². The normalized spacial score (nSPS) is 17.8. The van der Waals surface area contributed by atoms with Crippen molar-refractivity contribution in [2.75, 3.05) is 6.54 Å². The summed E-state index contributed by atoms with van der Waals surface area (Å²) in [6, 6.07) is 4.65. The molecule has 1 aliphatic rings. The Morgan fingerprint density at radius 3 is 2.62 bits per heavy atom. The second-order valence-corrected chi connectivity index (χ2v) is 5.62. The fourth-order valence-electron chi connectivity index (χ4n) is 2.64. The van der Waals surface area contributed by atoms with Crippen LogP contribution in [0.4, 0.5) is 4.39 Å². The third kappa shape index (κ3) is 2.88. The van der Waals surface area contributed by atoms with Crippen molar-refractivity contribution >= 4 is 23.4 Å². The van der Waals surface area contributed by atoms with Crippen LogP contribution in [0.15, 0.2) is 18.2 Å². The van der Waals surface area contributed by atoms with Gasteiger partial charge in [0.15, 0.2) is 0 Å². The molecule has 4 nitrogen and oxygen atoms in total. The standard InChI is InChI=1S/C15H18ClFN2O2/c1-3-15(4-2)14(21)19(9-12(20)18-15)8-10-6-5-7-11(16)13(10)17/h5-7H,3-4,8-9H2,1-2H3,(H,18,20). The van der Waals surface area contributed by atoms with Crippen LogP contribution < -0.4 is 5.32 Å². The summed E-state index contributed by atoms with van der Waals surface area (Å²) >= 11 is 5.75. The molecule has 0 saturated carbocycles. The molecule has 2 rings (SSSR count). The second-order valence-electron chi connectivity index (χ2n) is 5.21. The Kier molecular flexibility index (Phi) is 4.52. The Labute approximate surface area is 128 Å². The Hall–Kier alpha value is -1.62. The Morgan fingerprint density at radius 1 is 1.33 bits per heavy atom. The molecule has 21 heavy (non-hydrogen) atoms. The maximum atomic E-state index is 14.0. The number of carbonyl (C=O) groups is 2. The average molecular weight is 313 g/mol. The lowest BCUT2D eigenvalue weighted by molar-refractivity contribution is -0.151. The molecular formula is C15H18ClFN2O2. The van der Waals surface area contributed by atoms with Crippen molar-refractivity contribution in [1.82, 2.24) is 10.2 Å². The molecule has 1 aliphatic heterocycles. The van der Waals surface area contributed by atoms with E-state index < -0.39 is 11.4 Å². The van der Waals surface area contributed by atoms with Gasteiger partial charge in [-0.15, -0.1) is 0 Å². The van der Waals surface area contributed by atoms with Gasteiger partial charge in [-0.25, -0.2) is 4.39 Å². The number of hydrogen-bond donors (Lipinski definition) is 1. The van der Waals surface area contributed by atoms with E-state index in [1.165, 1.54) is 11.0 Å². The zero-order valence-electron chi connectivity index (χ0n) is 12.1. The summed E-state index contributed by atoms with van der Waals surface area (Å²) in [6.07, 6.45) is 1.01. The van der Waals surface area contributed by atoms with Crippen molar-refractivity contribution in [2.24, 2.45) is 0 Å². The monoisotopic (exact) mass is 312 g/mol. The largest absolute Gasteiger partial charge is 0.340 e. The van der Waals surface area contributed by atoms with Gasteiger partial charge in [-0.05, 0) is 18.9 Å². The molecule has 1 saturated heterocycles. The first kappa shape index (κ1) is 15.8. The zero-order valence-corrected chi connectivity index (χ0v) is 12.8. The van der Waals surface area contributed by atoms with Crippen LogP contribution in [-0.4, -0.2) is 28.8 Å². The van der Waals surface area contributed by atoms with Crippen molar-refractivity contribution in [2.45, 2.75) is 38.8 Å². The van der Waals surface area contributed by atoms with Gasteiger partial charge >= 0.3 is 0 Å². The van der Waals surface area contributed by atoms with Gasteiger partial charge in [-0.3, -0.25) is 9.59 Å². The first-order valence-corrected chi connectivity index (χ1v) is 7.34. The summed E-state index contributed by atoms with van der Waals surface area (Å²) in [5.74, 6) is -0.941. The van der Waals surface area contributed by atoms with E-state index in [-0.39, 0.29) is 29.9 Å². The molecule has 1 aromatic rings. The quantitative estimate of drug-likeness (QED) is 0.928. The van der Waals surface area contributed by atoms with Crippen LogP contribution in [0.1, 0.15) is 32.3 Å². The molecule has 0 spiro atoms. The first-order valence-electron chi connectivity index (χ1n) is 6.96. The summed E-state index contributed by atoms with van der Waals surface area (Å²) in [5, 5.41) is 2.78.